The molecule has 1 saturated heterocycles. The molecule has 10 nitrogen and oxygen atoms in total. The molecule has 2 amide bonds. The first kappa shape index (κ1) is 25.6. The quantitative estimate of drug-likeness (QED) is 0.570. The molecule has 1 heterocycles. The van der Waals surface area contributed by atoms with Crippen LogP contribution in [0.3, 0.4) is 0 Å². The lowest BCUT2D eigenvalue weighted by Crippen LogP contribution is -2.48. The Hall–Kier alpha value is -2.99. The zero-order valence-corrected chi connectivity index (χ0v) is 21.0. The first-order chi connectivity index (χ1) is 16.0. The average molecular weight is 513 g/mol. The van der Waals surface area contributed by atoms with E-state index in [0.717, 1.165) is 5.56 Å². The lowest BCUT2D eigenvalue weighted by molar-refractivity contribution is 0.182. The molecule has 1 unspecified atom stereocenters. The van der Waals surface area contributed by atoms with Gasteiger partial charge in [0.05, 0.1) is 37.7 Å². The Labute approximate surface area is 199 Å². The van der Waals surface area contributed by atoms with Crippen LogP contribution >= 0.6 is 0 Å². The highest BCUT2D eigenvalue weighted by molar-refractivity contribution is 7.91. The molecule has 1 atom stereocenters. The van der Waals surface area contributed by atoms with Gasteiger partial charge in [-0.25, -0.2) is 26.4 Å². The first-order valence-electron chi connectivity index (χ1n) is 10.4. The summed E-state index contributed by atoms with van der Waals surface area (Å²) in [6.07, 6.45) is 0.199. The maximum Gasteiger partial charge on any atom is 0.331 e. The fourth-order valence-electron chi connectivity index (χ4n) is 3.76. The van der Waals surface area contributed by atoms with E-state index >= 15 is 0 Å². The fourth-order valence-corrected chi connectivity index (χ4v) is 6.45. The van der Waals surface area contributed by atoms with E-state index in [2.05, 4.69) is 4.72 Å². The highest BCUT2D eigenvalue weighted by Gasteiger charge is 2.36. The number of hydrogen-bond acceptors (Lipinski definition) is 8. The van der Waals surface area contributed by atoms with E-state index in [4.69, 9.17) is 14.2 Å². The number of sulfonamides is 1. The Morgan fingerprint density at radius 1 is 1.06 bits per heavy atom. The zero-order valence-electron chi connectivity index (χ0n) is 19.4. The van der Waals surface area contributed by atoms with Crippen LogP contribution in [0.1, 0.15) is 17.5 Å². The highest BCUT2D eigenvalue weighted by atomic mass is 32.2. The smallest absolute Gasteiger partial charge is 0.331 e. The molecular formula is C22H28N2O8S2. The van der Waals surface area contributed by atoms with Crippen molar-refractivity contribution in [3.8, 4) is 17.2 Å². The molecule has 12 heteroatoms. The number of hydrogen-bond donors (Lipinski definition) is 1. The predicted octanol–water partition coefficient (Wildman–Crippen LogP) is 2.11. The van der Waals surface area contributed by atoms with Crippen LogP contribution in [0.25, 0.3) is 0 Å². The number of benzene rings is 2. The molecule has 34 heavy (non-hydrogen) atoms. The van der Waals surface area contributed by atoms with E-state index < -0.39 is 31.9 Å². The molecule has 1 N–H and O–H groups in total. The normalized spacial score (nSPS) is 17.1. The molecule has 0 aromatic heterocycles. The third-order valence-corrected chi connectivity index (χ3v) is 8.63. The van der Waals surface area contributed by atoms with E-state index in [1.165, 1.54) is 38.4 Å². The number of sulfone groups is 1. The minimum Gasteiger partial charge on any atom is -0.493 e. The second-order valence-corrected chi connectivity index (χ2v) is 11.9. The maximum atomic E-state index is 13.2. The second-order valence-electron chi connectivity index (χ2n) is 7.94. The summed E-state index contributed by atoms with van der Waals surface area (Å²) in [7, 11) is -3.16. The molecule has 2 aromatic rings. The van der Waals surface area contributed by atoms with Crippen molar-refractivity contribution < 1.29 is 35.8 Å². The standard InChI is InChI=1S/C22H28N2O8S2/c1-15-5-7-18(8-6-15)34(28,29)23-22(25)24(17-9-10-33(26,27)14-17)13-16-11-19(30-2)21(32-4)20(12-16)31-3/h5-8,11-12,17H,9-10,13-14H2,1-4H3,(H,23,25). The SMILES string of the molecule is COc1cc(CN(C(=O)NS(=O)(=O)c2ccc(C)cc2)C2CCS(=O)(=O)C2)cc(OC)c1OC. The molecule has 0 bridgehead atoms. The third-order valence-electron chi connectivity index (χ3n) is 5.54. The molecule has 186 valence electrons. The van der Waals surface area contributed by atoms with Crippen molar-refractivity contribution in [3.63, 3.8) is 0 Å². The second kappa shape index (κ2) is 10.1. The highest BCUT2D eigenvalue weighted by Crippen LogP contribution is 2.38. The van der Waals surface area contributed by atoms with Crippen molar-refractivity contribution >= 4 is 25.9 Å². The van der Waals surface area contributed by atoms with Gasteiger partial charge in [-0.3, -0.25) is 0 Å². The number of urea groups is 1. The van der Waals surface area contributed by atoms with Crippen LogP contribution < -0.4 is 18.9 Å². The number of methoxy groups -OCH3 is 3. The minimum absolute atomic E-state index is 0.0711. The van der Waals surface area contributed by atoms with Gasteiger partial charge in [0.2, 0.25) is 5.75 Å². The number of carbonyl (C=O) groups is 1. The van der Waals surface area contributed by atoms with E-state index in [-0.39, 0.29) is 29.4 Å². The molecule has 0 spiro atoms. The van der Waals surface area contributed by atoms with Gasteiger partial charge in [0.15, 0.2) is 21.3 Å². The monoisotopic (exact) mass is 512 g/mol. The van der Waals surface area contributed by atoms with Gasteiger partial charge in [0.1, 0.15) is 0 Å². The van der Waals surface area contributed by atoms with E-state index in [9.17, 15) is 21.6 Å². The van der Waals surface area contributed by atoms with Crippen LogP contribution in [-0.2, 0) is 26.4 Å². The molecule has 0 aliphatic carbocycles. The van der Waals surface area contributed by atoms with E-state index in [1.807, 2.05) is 6.92 Å². The van der Waals surface area contributed by atoms with Crippen molar-refractivity contribution in [2.75, 3.05) is 32.8 Å². The Kier molecular flexibility index (Phi) is 7.61. The van der Waals surface area contributed by atoms with Crippen LogP contribution in [-0.4, -0.2) is 66.6 Å². The molecule has 0 saturated carbocycles. The third kappa shape index (κ3) is 5.73. The number of ether oxygens (including phenoxy) is 3. The molecular weight excluding hydrogens is 484 g/mol. The number of amides is 2. The Balaban J connectivity index is 1.95. The summed E-state index contributed by atoms with van der Waals surface area (Å²) in [5.41, 5.74) is 1.41. The predicted molar refractivity (Wildman–Crippen MR) is 126 cm³/mol. The summed E-state index contributed by atoms with van der Waals surface area (Å²) >= 11 is 0. The Morgan fingerprint density at radius 3 is 2.12 bits per heavy atom. The van der Waals surface area contributed by atoms with Crippen LogP contribution in [0, 0.1) is 6.92 Å². The summed E-state index contributed by atoms with van der Waals surface area (Å²) in [5, 5.41) is 0. The zero-order chi connectivity index (χ0) is 25.1. The number of nitrogens with one attached hydrogen (secondary N) is 1. The van der Waals surface area contributed by atoms with Crippen LogP contribution in [0.15, 0.2) is 41.3 Å². The lowest BCUT2D eigenvalue weighted by Gasteiger charge is -2.29. The molecule has 1 aliphatic heterocycles. The summed E-state index contributed by atoms with van der Waals surface area (Å²) < 4.78 is 67.9. The lowest BCUT2D eigenvalue weighted by atomic mass is 10.1. The summed E-state index contributed by atoms with van der Waals surface area (Å²) in [6.45, 7) is 1.74. The van der Waals surface area contributed by atoms with Crippen LogP contribution in [0.4, 0.5) is 4.79 Å². The van der Waals surface area contributed by atoms with Gasteiger partial charge in [0, 0.05) is 12.6 Å². The van der Waals surface area contributed by atoms with E-state index in [0.29, 0.717) is 22.8 Å². The largest absolute Gasteiger partial charge is 0.493 e. The van der Waals surface area contributed by atoms with Gasteiger partial charge in [-0.05, 0) is 43.2 Å². The van der Waals surface area contributed by atoms with Crippen molar-refractivity contribution in [1.29, 1.82) is 0 Å². The molecule has 2 aromatic carbocycles. The number of rotatable bonds is 8. The maximum absolute atomic E-state index is 13.2. The minimum atomic E-state index is -4.17. The number of nitrogens with zero attached hydrogens (tertiary/aromatic N) is 1. The van der Waals surface area contributed by atoms with Crippen molar-refractivity contribution in [1.82, 2.24) is 9.62 Å². The molecule has 3 rings (SSSR count). The van der Waals surface area contributed by atoms with Crippen molar-refractivity contribution in [2.24, 2.45) is 0 Å². The van der Waals surface area contributed by atoms with Gasteiger partial charge in [-0.15, -0.1) is 0 Å². The van der Waals surface area contributed by atoms with E-state index in [1.54, 1.807) is 24.3 Å². The van der Waals surface area contributed by atoms with Gasteiger partial charge in [-0.1, -0.05) is 17.7 Å². The molecule has 1 aliphatic rings. The summed E-state index contributed by atoms with van der Waals surface area (Å²) in [4.78, 5) is 14.3. The van der Waals surface area contributed by atoms with Gasteiger partial charge in [-0.2, -0.15) is 0 Å². The van der Waals surface area contributed by atoms with Crippen molar-refractivity contribution in [3.05, 3.63) is 47.5 Å². The van der Waals surface area contributed by atoms with Crippen molar-refractivity contribution in [2.45, 2.75) is 30.8 Å². The number of carbonyl (C=O) groups excluding carboxylic acids is 1. The average Bonchev–Trinajstić information content (AvgIpc) is 3.15. The fraction of sp³-hybridized carbons (Fsp3) is 0.409. The van der Waals surface area contributed by atoms with Gasteiger partial charge >= 0.3 is 6.03 Å². The van der Waals surface area contributed by atoms with Gasteiger partial charge in [0.25, 0.3) is 10.0 Å². The first-order valence-corrected chi connectivity index (χ1v) is 13.7. The molecule has 0 radical (unpaired) electrons. The summed E-state index contributed by atoms with van der Waals surface area (Å²) in [5.74, 6) is 0.721. The number of aryl methyl sites for hydroxylation is 1. The Bertz CT molecular complexity index is 1230. The van der Waals surface area contributed by atoms with Crippen LogP contribution in [0.2, 0.25) is 0 Å². The van der Waals surface area contributed by atoms with Crippen LogP contribution in [0.5, 0.6) is 17.2 Å². The Morgan fingerprint density at radius 2 is 1.65 bits per heavy atom. The van der Waals surface area contributed by atoms with Gasteiger partial charge < -0.3 is 19.1 Å². The summed E-state index contributed by atoms with van der Waals surface area (Å²) in [6, 6.07) is 7.67. The topological polar surface area (TPSA) is 128 Å². The molecule has 1 fully saturated rings.